The van der Waals surface area contributed by atoms with Crippen molar-refractivity contribution in [2.75, 3.05) is 13.1 Å². The summed E-state index contributed by atoms with van der Waals surface area (Å²) in [5.41, 5.74) is 3.95. The van der Waals surface area contributed by atoms with Gasteiger partial charge in [0.2, 0.25) is 5.91 Å². The largest absolute Gasteiger partial charge is 0.355 e. The highest BCUT2D eigenvalue weighted by Gasteiger charge is 2.28. The maximum absolute atomic E-state index is 11.4. The molecule has 1 aromatic carbocycles. The Balaban J connectivity index is 1.63. The van der Waals surface area contributed by atoms with Crippen LogP contribution in [0.1, 0.15) is 29.5 Å². The van der Waals surface area contributed by atoms with Crippen molar-refractivity contribution in [2.24, 2.45) is 5.92 Å². The Morgan fingerprint density at radius 1 is 1.28 bits per heavy atom. The quantitative estimate of drug-likeness (QED) is 0.753. The summed E-state index contributed by atoms with van der Waals surface area (Å²) in [5.74, 6) is 0.535. The summed E-state index contributed by atoms with van der Waals surface area (Å²) in [5, 5.41) is 6.32. The molecule has 0 spiro atoms. The highest BCUT2D eigenvalue weighted by molar-refractivity contribution is 5.80. The molecule has 1 aromatic rings. The number of amides is 1. The van der Waals surface area contributed by atoms with E-state index in [9.17, 15) is 4.79 Å². The summed E-state index contributed by atoms with van der Waals surface area (Å²) in [6.45, 7) is 6.66. The van der Waals surface area contributed by atoms with Crippen LogP contribution in [0.2, 0.25) is 0 Å². The van der Waals surface area contributed by atoms with E-state index < -0.39 is 0 Å². The summed E-state index contributed by atoms with van der Waals surface area (Å²) >= 11 is 0. The Morgan fingerprint density at radius 3 is 2.72 bits per heavy atom. The van der Waals surface area contributed by atoms with E-state index in [0.29, 0.717) is 5.92 Å². The Bertz CT molecular complexity index is 425. The fourth-order valence-electron chi connectivity index (χ4n) is 2.03. The van der Waals surface area contributed by atoms with Gasteiger partial charge in [-0.25, -0.2) is 0 Å². The van der Waals surface area contributed by atoms with Crippen LogP contribution in [0.25, 0.3) is 0 Å². The van der Waals surface area contributed by atoms with Gasteiger partial charge in [-0.2, -0.15) is 0 Å². The first-order chi connectivity index (χ1) is 8.66. The summed E-state index contributed by atoms with van der Waals surface area (Å²) in [4.78, 5) is 11.4. The molecule has 1 saturated carbocycles. The molecule has 0 aliphatic heterocycles. The second kappa shape index (κ2) is 6.01. The maximum atomic E-state index is 11.4. The molecule has 18 heavy (non-hydrogen) atoms. The molecule has 0 heterocycles. The van der Waals surface area contributed by atoms with Crippen LogP contribution in [0, 0.1) is 19.8 Å². The minimum absolute atomic E-state index is 0.225. The van der Waals surface area contributed by atoms with E-state index in [0.717, 1.165) is 32.5 Å². The number of carbonyl (C=O) groups excluding carboxylic acids is 1. The summed E-state index contributed by atoms with van der Waals surface area (Å²) < 4.78 is 0. The highest BCUT2D eigenvalue weighted by Crippen LogP contribution is 2.28. The molecule has 0 radical (unpaired) electrons. The molecule has 0 aromatic heterocycles. The number of nitrogens with one attached hydrogen (secondary N) is 2. The van der Waals surface area contributed by atoms with Gasteiger partial charge in [0.25, 0.3) is 0 Å². The van der Waals surface area contributed by atoms with Gasteiger partial charge >= 0.3 is 0 Å². The van der Waals surface area contributed by atoms with Crippen molar-refractivity contribution in [1.29, 1.82) is 0 Å². The van der Waals surface area contributed by atoms with E-state index in [1.807, 2.05) is 0 Å². The van der Waals surface area contributed by atoms with Gasteiger partial charge in [-0.3, -0.25) is 4.79 Å². The predicted molar refractivity (Wildman–Crippen MR) is 73.4 cm³/mol. The van der Waals surface area contributed by atoms with E-state index in [1.54, 1.807) is 0 Å². The van der Waals surface area contributed by atoms with Gasteiger partial charge in [0.15, 0.2) is 0 Å². The van der Waals surface area contributed by atoms with Gasteiger partial charge < -0.3 is 10.6 Å². The van der Waals surface area contributed by atoms with E-state index in [4.69, 9.17) is 0 Å². The first-order valence-electron chi connectivity index (χ1n) is 6.71. The zero-order valence-electron chi connectivity index (χ0n) is 11.3. The molecule has 1 aliphatic rings. The molecular weight excluding hydrogens is 224 g/mol. The SMILES string of the molecule is Cc1ccc(CNCCNC(=O)C2CC2)c(C)c1. The van der Waals surface area contributed by atoms with Crippen molar-refractivity contribution in [3.05, 3.63) is 34.9 Å². The molecule has 0 saturated heterocycles. The van der Waals surface area contributed by atoms with Gasteiger partial charge in [-0.15, -0.1) is 0 Å². The van der Waals surface area contributed by atoms with E-state index in [-0.39, 0.29) is 5.91 Å². The number of hydrogen-bond donors (Lipinski definition) is 2. The Morgan fingerprint density at radius 2 is 2.06 bits per heavy atom. The van der Waals surface area contributed by atoms with Crippen LogP contribution in [0.4, 0.5) is 0 Å². The fraction of sp³-hybridized carbons (Fsp3) is 0.533. The van der Waals surface area contributed by atoms with Gasteiger partial charge in [0, 0.05) is 25.6 Å². The minimum atomic E-state index is 0.225. The van der Waals surface area contributed by atoms with Crippen molar-refractivity contribution in [3.8, 4) is 0 Å². The molecule has 3 heteroatoms. The lowest BCUT2D eigenvalue weighted by molar-refractivity contribution is -0.122. The van der Waals surface area contributed by atoms with Crippen LogP contribution in [0.5, 0.6) is 0 Å². The first kappa shape index (κ1) is 13.1. The molecule has 0 atom stereocenters. The second-order valence-electron chi connectivity index (χ2n) is 5.17. The molecule has 3 nitrogen and oxygen atoms in total. The fourth-order valence-corrected chi connectivity index (χ4v) is 2.03. The van der Waals surface area contributed by atoms with Crippen LogP contribution in [0.3, 0.4) is 0 Å². The third kappa shape index (κ3) is 3.84. The Hall–Kier alpha value is -1.35. The van der Waals surface area contributed by atoms with Crippen molar-refractivity contribution in [1.82, 2.24) is 10.6 Å². The molecular formula is C15H22N2O. The number of benzene rings is 1. The third-order valence-corrected chi connectivity index (χ3v) is 3.36. The van der Waals surface area contributed by atoms with E-state index in [1.165, 1.54) is 16.7 Å². The standard InChI is InChI=1S/C15H22N2O/c1-11-3-4-14(12(2)9-11)10-16-7-8-17-15(18)13-5-6-13/h3-4,9,13,16H,5-8,10H2,1-2H3,(H,17,18). The van der Waals surface area contributed by atoms with Crippen molar-refractivity contribution in [2.45, 2.75) is 33.2 Å². The lowest BCUT2D eigenvalue weighted by Crippen LogP contribution is -2.32. The van der Waals surface area contributed by atoms with Gasteiger partial charge in [-0.1, -0.05) is 23.8 Å². The number of rotatable bonds is 6. The third-order valence-electron chi connectivity index (χ3n) is 3.36. The highest BCUT2D eigenvalue weighted by atomic mass is 16.2. The predicted octanol–water partition coefficient (Wildman–Crippen LogP) is 1.92. The summed E-state index contributed by atoms with van der Waals surface area (Å²) in [6.07, 6.45) is 2.14. The van der Waals surface area contributed by atoms with Gasteiger partial charge in [0.1, 0.15) is 0 Å². The molecule has 2 rings (SSSR count). The molecule has 1 fully saturated rings. The monoisotopic (exact) mass is 246 g/mol. The van der Waals surface area contributed by atoms with Crippen LogP contribution in [0.15, 0.2) is 18.2 Å². The van der Waals surface area contributed by atoms with Gasteiger partial charge in [0.05, 0.1) is 0 Å². The van der Waals surface area contributed by atoms with Gasteiger partial charge in [-0.05, 0) is 37.8 Å². The maximum Gasteiger partial charge on any atom is 0.223 e. The van der Waals surface area contributed by atoms with Crippen molar-refractivity contribution in [3.63, 3.8) is 0 Å². The lowest BCUT2D eigenvalue weighted by Gasteiger charge is -2.09. The zero-order chi connectivity index (χ0) is 13.0. The minimum Gasteiger partial charge on any atom is -0.355 e. The van der Waals surface area contributed by atoms with Crippen LogP contribution >= 0.6 is 0 Å². The smallest absolute Gasteiger partial charge is 0.223 e. The van der Waals surface area contributed by atoms with E-state index >= 15 is 0 Å². The molecule has 98 valence electrons. The number of carbonyl (C=O) groups is 1. The average molecular weight is 246 g/mol. The van der Waals surface area contributed by atoms with Crippen molar-refractivity contribution < 1.29 is 4.79 Å². The molecule has 0 bridgehead atoms. The van der Waals surface area contributed by atoms with E-state index in [2.05, 4.69) is 42.7 Å². The van der Waals surface area contributed by atoms with Crippen LogP contribution in [-0.2, 0) is 11.3 Å². The van der Waals surface area contributed by atoms with Crippen LogP contribution in [-0.4, -0.2) is 19.0 Å². The Labute approximate surface area is 109 Å². The zero-order valence-corrected chi connectivity index (χ0v) is 11.3. The molecule has 0 unspecified atom stereocenters. The molecule has 1 amide bonds. The summed E-state index contributed by atoms with van der Waals surface area (Å²) in [7, 11) is 0. The number of aryl methyl sites for hydroxylation is 2. The average Bonchev–Trinajstić information content (AvgIpc) is 3.15. The normalized spacial score (nSPS) is 14.6. The topological polar surface area (TPSA) is 41.1 Å². The Kier molecular flexibility index (Phi) is 4.37. The molecule has 1 aliphatic carbocycles. The summed E-state index contributed by atoms with van der Waals surface area (Å²) in [6, 6.07) is 6.51. The molecule has 2 N–H and O–H groups in total. The first-order valence-corrected chi connectivity index (χ1v) is 6.71. The lowest BCUT2D eigenvalue weighted by atomic mass is 10.1. The second-order valence-corrected chi connectivity index (χ2v) is 5.17. The van der Waals surface area contributed by atoms with Crippen LogP contribution < -0.4 is 10.6 Å². The number of hydrogen-bond acceptors (Lipinski definition) is 2. The van der Waals surface area contributed by atoms with Crippen molar-refractivity contribution >= 4 is 5.91 Å².